The molecule has 0 aromatic carbocycles. The Hall–Kier alpha value is 0.310. The van der Waals surface area contributed by atoms with Gasteiger partial charge in [-0.2, -0.15) is 12.6 Å². The summed E-state index contributed by atoms with van der Waals surface area (Å²) in [5.74, 6) is 0. The van der Waals surface area contributed by atoms with Crippen LogP contribution in [0.15, 0.2) is 0 Å². The zero-order valence-corrected chi connectivity index (χ0v) is 10.7. The first-order valence-corrected chi connectivity index (χ1v) is 6.50. The molecule has 0 amide bonds. The van der Waals surface area contributed by atoms with Crippen molar-refractivity contribution in [2.45, 2.75) is 63.5 Å². The van der Waals surface area contributed by atoms with E-state index in [2.05, 4.69) is 19.6 Å². The van der Waals surface area contributed by atoms with Crippen LogP contribution in [-0.2, 0) is 4.74 Å². The third-order valence-electron chi connectivity index (χ3n) is 2.55. The molecule has 0 aliphatic carbocycles. The first kappa shape index (κ1) is 14.3. The zero-order chi connectivity index (χ0) is 10.6. The van der Waals surface area contributed by atoms with Crippen LogP contribution < -0.4 is 0 Å². The van der Waals surface area contributed by atoms with Gasteiger partial charge in [0.05, 0.1) is 0 Å². The van der Waals surface area contributed by atoms with E-state index in [-0.39, 0.29) is 0 Å². The molecule has 0 aromatic heterocycles. The lowest BCUT2D eigenvalue weighted by atomic mass is 10.1. The molecule has 0 aromatic rings. The Bertz CT molecular complexity index is 106. The van der Waals surface area contributed by atoms with Gasteiger partial charge in [0, 0.05) is 19.0 Å². The van der Waals surface area contributed by atoms with E-state index in [1.54, 1.807) is 7.11 Å². The Balaban J connectivity index is 3.02. The van der Waals surface area contributed by atoms with Crippen LogP contribution in [0.4, 0.5) is 0 Å². The Morgan fingerprint density at radius 3 is 2.29 bits per heavy atom. The van der Waals surface area contributed by atoms with E-state index >= 15 is 0 Å². The Kier molecular flexibility index (Phi) is 11.6. The molecule has 0 bridgehead atoms. The summed E-state index contributed by atoms with van der Waals surface area (Å²) < 4.78 is 5.02. The molecular weight excluding hydrogens is 192 g/mol. The fourth-order valence-corrected chi connectivity index (χ4v) is 1.85. The predicted molar refractivity (Wildman–Crippen MR) is 67.3 cm³/mol. The van der Waals surface area contributed by atoms with Crippen molar-refractivity contribution in [3.63, 3.8) is 0 Å². The Labute approximate surface area is 95.0 Å². The topological polar surface area (TPSA) is 9.23 Å². The van der Waals surface area contributed by atoms with Crippen LogP contribution in [0.3, 0.4) is 0 Å². The summed E-state index contributed by atoms with van der Waals surface area (Å²) in [6, 6.07) is 0. The SMILES string of the molecule is CCCCCCCCC(S)CCOC. The molecule has 0 saturated heterocycles. The highest BCUT2D eigenvalue weighted by atomic mass is 32.1. The van der Waals surface area contributed by atoms with Crippen LogP contribution in [0.5, 0.6) is 0 Å². The Morgan fingerprint density at radius 2 is 1.64 bits per heavy atom. The maximum Gasteiger partial charge on any atom is 0.0472 e. The number of hydrogen-bond donors (Lipinski definition) is 1. The highest BCUT2D eigenvalue weighted by molar-refractivity contribution is 7.80. The minimum atomic E-state index is 0.543. The van der Waals surface area contributed by atoms with Crippen molar-refractivity contribution < 1.29 is 4.74 Å². The van der Waals surface area contributed by atoms with Gasteiger partial charge in [0.25, 0.3) is 0 Å². The largest absolute Gasteiger partial charge is 0.385 e. The number of ether oxygens (including phenoxy) is 1. The average Bonchev–Trinajstić information content (AvgIpc) is 2.20. The predicted octanol–water partition coefficient (Wildman–Crippen LogP) is 4.07. The molecule has 0 rings (SSSR count). The van der Waals surface area contributed by atoms with Gasteiger partial charge >= 0.3 is 0 Å². The summed E-state index contributed by atoms with van der Waals surface area (Å²) in [4.78, 5) is 0. The summed E-state index contributed by atoms with van der Waals surface area (Å²) >= 11 is 4.53. The monoisotopic (exact) mass is 218 g/mol. The number of unbranched alkanes of at least 4 members (excludes halogenated alkanes) is 5. The third kappa shape index (κ3) is 10.4. The maximum absolute atomic E-state index is 5.02. The first-order chi connectivity index (χ1) is 6.81. The minimum absolute atomic E-state index is 0.543. The fourth-order valence-electron chi connectivity index (χ4n) is 1.56. The van der Waals surface area contributed by atoms with E-state index in [1.807, 2.05) is 0 Å². The average molecular weight is 218 g/mol. The Morgan fingerprint density at radius 1 is 1.00 bits per heavy atom. The summed E-state index contributed by atoms with van der Waals surface area (Å²) in [6.07, 6.45) is 10.6. The van der Waals surface area contributed by atoms with Gasteiger partial charge in [-0.1, -0.05) is 45.4 Å². The standard InChI is InChI=1S/C12H26OS/c1-3-4-5-6-7-8-9-12(14)10-11-13-2/h12,14H,3-11H2,1-2H3. The van der Waals surface area contributed by atoms with Gasteiger partial charge in [0.1, 0.15) is 0 Å². The molecule has 0 aliphatic heterocycles. The van der Waals surface area contributed by atoms with E-state index in [1.165, 1.54) is 44.9 Å². The summed E-state index contributed by atoms with van der Waals surface area (Å²) in [5, 5.41) is 0.543. The molecule has 0 fully saturated rings. The van der Waals surface area contributed by atoms with E-state index in [4.69, 9.17) is 4.74 Å². The van der Waals surface area contributed by atoms with Gasteiger partial charge in [-0.3, -0.25) is 0 Å². The van der Waals surface area contributed by atoms with Gasteiger partial charge in [-0.05, 0) is 12.8 Å². The quantitative estimate of drug-likeness (QED) is 0.429. The second-order valence-electron chi connectivity index (χ2n) is 3.99. The lowest BCUT2D eigenvalue weighted by Gasteiger charge is -2.09. The van der Waals surface area contributed by atoms with Gasteiger partial charge in [0.15, 0.2) is 0 Å². The van der Waals surface area contributed by atoms with E-state index < -0.39 is 0 Å². The molecule has 1 unspecified atom stereocenters. The molecule has 0 N–H and O–H groups in total. The van der Waals surface area contributed by atoms with Gasteiger partial charge in [0.2, 0.25) is 0 Å². The number of rotatable bonds is 10. The third-order valence-corrected chi connectivity index (χ3v) is 3.06. The van der Waals surface area contributed by atoms with Crippen LogP contribution in [0.25, 0.3) is 0 Å². The first-order valence-electron chi connectivity index (χ1n) is 5.98. The summed E-state index contributed by atoms with van der Waals surface area (Å²) in [7, 11) is 1.76. The van der Waals surface area contributed by atoms with Crippen LogP contribution in [0.1, 0.15) is 58.3 Å². The van der Waals surface area contributed by atoms with Crippen molar-refractivity contribution in [1.29, 1.82) is 0 Å². The molecule has 1 atom stereocenters. The van der Waals surface area contributed by atoms with Gasteiger partial charge in [-0.15, -0.1) is 0 Å². The van der Waals surface area contributed by atoms with Crippen LogP contribution in [0, 0.1) is 0 Å². The lowest BCUT2D eigenvalue weighted by molar-refractivity contribution is 0.193. The molecule has 0 aliphatic rings. The normalized spacial score (nSPS) is 13.1. The molecule has 0 spiro atoms. The van der Waals surface area contributed by atoms with Gasteiger partial charge < -0.3 is 4.74 Å². The van der Waals surface area contributed by atoms with E-state index in [9.17, 15) is 0 Å². The molecule has 0 heterocycles. The highest BCUT2D eigenvalue weighted by Gasteiger charge is 2.01. The van der Waals surface area contributed by atoms with Crippen molar-refractivity contribution >= 4 is 12.6 Å². The summed E-state index contributed by atoms with van der Waals surface area (Å²) in [5.41, 5.74) is 0. The minimum Gasteiger partial charge on any atom is -0.385 e. The van der Waals surface area contributed by atoms with Crippen molar-refractivity contribution in [2.24, 2.45) is 0 Å². The van der Waals surface area contributed by atoms with Crippen LogP contribution in [0.2, 0.25) is 0 Å². The number of thiol groups is 1. The van der Waals surface area contributed by atoms with Crippen LogP contribution in [-0.4, -0.2) is 19.0 Å². The van der Waals surface area contributed by atoms with Crippen molar-refractivity contribution in [3.05, 3.63) is 0 Å². The fraction of sp³-hybridized carbons (Fsp3) is 1.00. The second-order valence-corrected chi connectivity index (χ2v) is 4.72. The number of hydrogen-bond acceptors (Lipinski definition) is 2. The second kappa shape index (κ2) is 11.4. The van der Waals surface area contributed by atoms with Crippen LogP contribution >= 0.6 is 12.6 Å². The highest BCUT2D eigenvalue weighted by Crippen LogP contribution is 2.13. The molecule has 1 nitrogen and oxygen atoms in total. The molecule has 2 heteroatoms. The van der Waals surface area contributed by atoms with Crippen molar-refractivity contribution in [2.75, 3.05) is 13.7 Å². The van der Waals surface area contributed by atoms with E-state index in [0.29, 0.717) is 5.25 Å². The lowest BCUT2D eigenvalue weighted by Crippen LogP contribution is -2.03. The molecular formula is C12H26OS. The molecule has 0 saturated carbocycles. The maximum atomic E-state index is 5.02. The smallest absolute Gasteiger partial charge is 0.0472 e. The van der Waals surface area contributed by atoms with Gasteiger partial charge in [-0.25, -0.2) is 0 Å². The summed E-state index contributed by atoms with van der Waals surface area (Å²) in [6.45, 7) is 3.11. The molecule has 14 heavy (non-hydrogen) atoms. The van der Waals surface area contributed by atoms with Crippen molar-refractivity contribution in [1.82, 2.24) is 0 Å². The molecule has 86 valence electrons. The van der Waals surface area contributed by atoms with Crippen molar-refractivity contribution in [3.8, 4) is 0 Å². The molecule has 0 radical (unpaired) electrons. The zero-order valence-electron chi connectivity index (χ0n) is 9.80. The number of methoxy groups -OCH3 is 1. The van der Waals surface area contributed by atoms with E-state index in [0.717, 1.165) is 13.0 Å².